The summed E-state index contributed by atoms with van der Waals surface area (Å²) >= 11 is 11.1. The van der Waals surface area contributed by atoms with Crippen LogP contribution in [0.5, 0.6) is 0 Å². The van der Waals surface area contributed by atoms with E-state index in [-0.39, 0.29) is 0 Å². The summed E-state index contributed by atoms with van der Waals surface area (Å²) in [5.41, 5.74) is 1.09. The number of halogens is 2. The Labute approximate surface area is 118 Å². The zero-order chi connectivity index (χ0) is 12.4. The van der Waals surface area contributed by atoms with Crippen molar-refractivity contribution >= 4 is 38.9 Å². The van der Waals surface area contributed by atoms with Gasteiger partial charge in [0.25, 0.3) is 0 Å². The Hall–Kier alpha value is -0.360. The van der Waals surface area contributed by atoms with Crippen molar-refractivity contribution in [2.24, 2.45) is 7.05 Å². The highest BCUT2D eigenvalue weighted by molar-refractivity contribution is 9.10. The predicted octanol–water partition coefficient (Wildman–Crippen LogP) is 3.33. The summed E-state index contributed by atoms with van der Waals surface area (Å²) in [5.74, 6) is 1.06. The van der Waals surface area contributed by atoms with Crippen LogP contribution in [0.25, 0.3) is 10.6 Å². The van der Waals surface area contributed by atoms with Crippen LogP contribution in [0.3, 0.4) is 0 Å². The second kappa shape index (κ2) is 5.52. The number of hydrogen-bond donors (Lipinski definition) is 1. The molecular formula is C11H13BrClN3S. The van der Waals surface area contributed by atoms with E-state index in [4.69, 9.17) is 11.6 Å². The lowest BCUT2D eigenvalue weighted by Crippen LogP contribution is -2.13. The summed E-state index contributed by atoms with van der Waals surface area (Å²) in [6.45, 7) is 0.919. The summed E-state index contributed by atoms with van der Waals surface area (Å²) < 4.78 is 3.79. The molecule has 0 atom stereocenters. The Bertz CT molecular complexity index is 521. The van der Waals surface area contributed by atoms with Gasteiger partial charge in [0.1, 0.15) is 10.4 Å². The highest BCUT2D eigenvalue weighted by Gasteiger charge is 2.15. The smallest absolute Gasteiger partial charge is 0.133 e. The molecule has 17 heavy (non-hydrogen) atoms. The van der Waals surface area contributed by atoms with E-state index in [1.165, 1.54) is 0 Å². The van der Waals surface area contributed by atoms with E-state index in [0.29, 0.717) is 0 Å². The first-order valence-electron chi connectivity index (χ1n) is 5.25. The van der Waals surface area contributed by atoms with Crippen LogP contribution in [0.2, 0.25) is 4.34 Å². The third kappa shape index (κ3) is 2.73. The fourth-order valence-electron chi connectivity index (χ4n) is 1.68. The number of rotatable bonds is 4. The van der Waals surface area contributed by atoms with Gasteiger partial charge in [-0.15, -0.1) is 11.3 Å². The van der Waals surface area contributed by atoms with E-state index in [1.807, 2.05) is 26.2 Å². The highest BCUT2D eigenvalue weighted by Crippen LogP contribution is 2.35. The first-order chi connectivity index (χ1) is 8.13. The Morgan fingerprint density at radius 2 is 2.29 bits per heavy atom. The summed E-state index contributed by atoms with van der Waals surface area (Å²) in [7, 11) is 3.98. The second-order valence-electron chi connectivity index (χ2n) is 3.68. The summed E-state index contributed by atoms with van der Waals surface area (Å²) in [6, 6.07) is 3.94. The van der Waals surface area contributed by atoms with Gasteiger partial charge in [-0.1, -0.05) is 11.6 Å². The minimum atomic E-state index is 0.796. The Kier molecular flexibility index (Phi) is 4.25. The number of hydrogen-bond acceptors (Lipinski definition) is 3. The fourth-order valence-corrected chi connectivity index (χ4v) is 3.62. The molecule has 0 unspecified atom stereocenters. The Morgan fingerprint density at radius 3 is 2.88 bits per heavy atom. The molecule has 3 nitrogen and oxygen atoms in total. The number of imidazole rings is 1. The largest absolute Gasteiger partial charge is 0.329 e. The molecule has 1 N–H and O–H groups in total. The summed E-state index contributed by atoms with van der Waals surface area (Å²) in [4.78, 5) is 5.67. The lowest BCUT2D eigenvalue weighted by molar-refractivity contribution is 0.720. The maximum absolute atomic E-state index is 5.97. The molecule has 0 spiro atoms. The van der Waals surface area contributed by atoms with Crippen LogP contribution in [-0.4, -0.2) is 23.1 Å². The van der Waals surface area contributed by atoms with E-state index < -0.39 is 0 Å². The van der Waals surface area contributed by atoms with Crippen LogP contribution in [0.15, 0.2) is 16.7 Å². The zero-order valence-corrected chi connectivity index (χ0v) is 12.8. The van der Waals surface area contributed by atoms with Gasteiger partial charge >= 0.3 is 0 Å². The standard InChI is InChI=1S/C11H13BrClN3S/c1-14-6-5-9-15-11(12)10(16(9)2)7-3-4-8(13)17-7/h3-4,14H,5-6H2,1-2H3. The summed E-state index contributed by atoms with van der Waals surface area (Å²) in [5, 5.41) is 3.13. The van der Waals surface area contributed by atoms with Crippen molar-refractivity contribution in [2.45, 2.75) is 6.42 Å². The van der Waals surface area contributed by atoms with Gasteiger partial charge in [-0.3, -0.25) is 0 Å². The SMILES string of the molecule is CNCCc1nc(Br)c(-c2ccc(Cl)s2)n1C. The number of nitrogens with zero attached hydrogens (tertiary/aromatic N) is 2. The molecule has 0 fully saturated rings. The third-order valence-electron chi connectivity index (χ3n) is 2.55. The van der Waals surface area contributed by atoms with Crippen molar-refractivity contribution in [3.8, 4) is 10.6 Å². The molecule has 2 aromatic heterocycles. The van der Waals surface area contributed by atoms with Crippen LogP contribution >= 0.6 is 38.9 Å². The van der Waals surface area contributed by atoms with E-state index in [9.17, 15) is 0 Å². The lowest BCUT2D eigenvalue weighted by atomic mass is 10.3. The Morgan fingerprint density at radius 1 is 1.53 bits per heavy atom. The van der Waals surface area contributed by atoms with E-state index in [2.05, 4.69) is 30.8 Å². The molecule has 0 aliphatic carbocycles. The maximum Gasteiger partial charge on any atom is 0.133 e. The van der Waals surface area contributed by atoms with Crippen molar-refractivity contribution in [2.75, 3.05) is 13.6 Å². The van der Waals surface area contributed by atoms with Crippen molar-refractivity contribution in [1.29, 1.82) is 0 Å². The molecular weight excluding hydrogens is 322 g/mol. The van der Waals surface area contributed by atoms with Gasteiger partial charge in [0.2, 0.25) is 0 Å². The number of aromatic nitrogens is 2. The normalized spacial score (nSPS) is 11.1. The van der Waals surface area contributed by atoms with Crippen LogP contribution in [0, 0.1) is 0 Å². The van der Waals surface area contributed by atoms with Gasteiger partial charge in [-0.25, -0.2) is 4.98 Å². The molecule has 0 bridgehead atoms. The molecule has 0 saturated heterocycles. The van der Waals surface area contributed by atoms with E-state index >= 15 is 0 Å². The zero-order valence-electron chi connectivity index (χ0n) is 9.63. The molecule has 0 aliphatic rings. The van der Waals surface area contributed by atoms with Gasteiger partial charge in [0.05, 0.1) is 14.9 Å². The number of nitrogens with one attached hydrogen (secondary N) is 1. The van der Waals surface area contributed by atoms with Crippen LogP contribution in [-0.2, 0) is 13.5 Å². The van der Waals surface area contributed by atoms with Gasteiger partial charge in [-0.05, 0) is 35.1 Å². The number of likely N-dealkylation sites (N-methyl/N-ethyl adjacent to an activating group) is 1. The minimum absolute atomic E-state index is 0.796. The minimum Gasteiger partial charge on any atom is -0.329 e. The topological polar surface area (TPSA) is 29.9 Å². The van der Waals surface area contributed by atoms with Gasteiger partial charge in [0, 0.05) is 20.0 Å². The molecule has 2 aromatic rings. The first-order valence-corrected chi connectivity index (χ1v) is 7.23. The van der Waals surface area contributed by atoms with E-state index in [1.54, 1.807) is 11.3 Å². The molecule has 92 valence electrons. The van der Waals surface area contributed by atoms with Crippen molar-refractivity contribution in [3.63, 3.8) is 0 Å². The van der Waals surface area contributed by atoms with Gasteiger partial charge in [0.15, 0.2) is 0 Å². The monoisotopic (exact) mass is 333 g/mol. The quantitative estimate of drug-likeness (QED) is 0.929. The lowest BCUT2D eigenvalue weighted by Gasteiger charge is -2.04. The van der Waals surface area contributed by atoms with Crippen LogP contribution in [0.1, 0.15) is 5.82 Å². The third-order valence-corrected chi connectivity index (χ3v) is 4.34. The van der Waals surface area contributed by atoms with E-state index in [0.717, 1.165) is 38.3 Å². The van der Waals surface area contributed by atoms with Crippen molar-refractivity contribution in [1.82, 2.24) is 14.9 Å². The average Bonchev–Trinajstić information content (AvgIpc) is 2.81. The van der Waals surface area contributed by atoms with Gasteiger partial charge < -0.3 is 9.88 Å². The molecule has 6 heteroatoms. The van der Waals surface area contributed by atoms with Gasteiger partial charge in [-0.2, -0.15) is 0 Å². The van der Waals surface area contributed by atoms with Crippen molar-refractivity contribution < 1.29 is 0 Å². The van der Waals surface area contributed by atoms with Crippen LogP contribution in [0.4, 0.5) is 0 Å². The Balaban J connectivity index is 2.37. The maximum atomic E-state index is 5.97. The molecule has 2 heterocycles. The molecule has 0 saturated carbocycles. The second-order valence-corrected chi connectivity index (χ2v) is 6.15. The van der Waals surface area contributed by atoms with Crippen molar-refractivity contribution in [3.05, 3.63) is 26.9 Å². The molecule has 0 aromatic carbocycles. The van der Waals surface area contributed by atoms with Crippen LogP contribution < -0.4 is 5.32 Å². The highest BCUT2D eigenvalue weighted by atomic mass is 79.9. The predicted molar refractivity (Wildman–Crippen MR) is 76.9 cm³/mol. The molecule has 0 amide bonds. The molecule has 0 radical (unpaired) electrons. The average molecular weight is 335 g/mol. The first kappa shape index (κ1) is 13.1. The fraction of sp³-hybridized carbons (Fsp3) is 0.364. The number of thiophene rings is 1. The summed E-state index contributed by atoms with van der Waals surface area (Å²) in [6.07, 6.45) is 0.907. The molecule has 2 rings (SSSR count). The molecule has 0 aliphatic heterocycles.